The molecule has 0 radical (unpaired) electrons. The van der Waals surface area contributed by atoms with E-state index in [9.17, 15) is 0 Å². The monoisotopic (exact) mass is 781 g/mol. The molecule has 288 valence electrons. The van der Waals surface area contributed by atoms with E-state index >= 15 is 0 Å². The first-order valence-electron chi connectivity index (χ1n) is 20.8. The Labute approximate surface area is 355 Å². The van der Waals surface area contributed by atoms with Crippen LogP contribution in [0.25, 0.3) is 102 Å². The molecule has 0 N–H and O–H groups in total. The Balaban J connectivity index is 1.20. The highest BCUT2D eigenvalue weighted by atomic mass is 15.0. The summed E-state index contributed by atoms with van der Waals surface area (Å²) in [5.74, 6) is 1.26. The number of rotatable bonds is 8. The molecule has 5 nitrogen and oxygen atoms in total. The SMILES string of the molecule is C1=Cc2c(n(-c3ccccc3)c3cccc(-c4ccc(-c5nc(-c6ccccc6)cc(-c6ccccc6)n5)cc4-c4nc(-c5ccccc5)cc(-c5ccccc5)n4)c23)CC1. The Bertz CT molecular complexity index is 3100. The summed E-state index contributed by atoms with van der Waals surface area (Å²) in [7, 11) is 0. The van der Waals surface area contributed by atoms with E-state index in [1.54, 1.807) is 0 Å². The van der Waals surface area contributed by atoms with Crippen molar-refractivity contribution in [2.24, 2.45) is 0 Å². The predicted octanol–water partition coefficient (Wildman–Crippen LogP) is 13.8. The molecule has 10 aromatic rings. The van der Waals surface area contributed by atoms with Gasteiger partial charge in [-0.2, -0.15) is 0 Å². The van der Waals surface area contributed by atoms with Gasteiger partial charge in [0, 0.05) is 55.7 Å². The Morgan fingerprint density at radius 1 is 0.377 bits per heavy atom. The van der Waals surface area contributed by atoms with E-state index in [0.717, 1.165) is 85.8 Å². The van der Waals surface area contributed by atoms with E-state index in [0.29, 0.717) is 11.6 Å². The fraction of sp³-hybridized carbons (Fsp3) is 0.0357. The maximum Gasteiger partial charge on any atom is 0.161 e. The third-order valence-electron chi connectivity index (χ3n) is 11.5. The molecule has 0 spiro atoms. The smallest absolute Gasteiger partial charge is 0.161 e. The first-order valence-corrected chi connectivity index (χ1v) is 20.8. The van der Waals surface area contributed by atoms with E-state index in [4.69, 9.17) is 19.9 Å². The topological polar surface area (TPSA) is 56.5 Å². The van der Waals surface area contributed by atoms with Gasteiger partial charge in [0.1, 0.15) is 0 Å². The highest BCUT2D eigenvalue weighted by Gasteiger charge is 2.24. The van der Waals surface area contributed by atoms with Gasteiger partial charge in [-0.3, -0.25) is 0 Å². The summed E-state index contributed by atoms with van der Waals surface area (Å²) in [6, 6.07) is 69.5. The zero-order valence-electron chi connectivity index (χ0n) is 33.4. The van der Waals surface area contributed by atoms with Crippen molar-refractivity contribution in [2.75, 3.05) is 0 Å². The lowest BCUT2D eigenvalue weighted by molar-refractivity contribution is 0.888. The summed E-state index contributed by atoms with van der Waals surface area (Å²) in [6.07, 6.45) is 6.58. The molecule has 3 aromatic heterocycles. The molecule has 0 saturated heterocycles. The van der Waals surface area contributed by atoms with E-state index in [1.807, 2.05) is 48.5 Å². The molecule has 0 fully saturated rings. The summed E-state index contributed by atoms with van der Waals surface area (Å²) in [5, 5.41) is 1.21. The van der Waals surface area contributed by atoms with Gasteiger partial charge in [-0.1, -0.05) is 176 Å². The first-order chi connectivity index (χ1) is 30.2. The molecule has 0 unspecified atom stereocenters. The second kappa shape index (κ2) is 15.6. The van der Waals surface area contributed by atoms with E-state index in [1.165, 1.54) is 22.2 Å². The molecule has 3 heterocycles. The van der Waals surface area contributed by atoms with Crippen molar-refractivity contribution in [1.29, 1.82) is 0 Å². The van der Waals surface area contributed by atoms with Crippen molar-refractivity contribution < 1.29 is 0 Å². The molecule has 0 amide bonds. The fourth-order valence-corrected chi connectivity index (χ4v) is 8.64. The molecule has 0 aliphatic heterocycles. The standard InChI is InChI=1S/C56H39N5/c1-6-19-38(20-7-1)48-36-49(39-21-8-2-9-22-39)58-55(57-48)42-33-34-44(45-30-18-32-53-54(45)46-29-16-17-31-52(46)61(53)43-27-14-5-15-28-43)47(35-42)56-59-50(40-23-10-3-11-24-40)37-51(60-56)41-25-12-4-13-26-41/h1-16,18-30,32-37H,17,31H2. The lowest BCUT2D eigenvalue weighted by Gasteiger charge is -2.16. The highest BCUT2D eigenvalue weighted by molar-refractivity contribution is 6.06. The first kappa shape index (κ1) is 36.1. The fourth-order valence-electron chi connectivity index (χ4n) is 8.64. The van der Waals surface area contributed by atoms with Gasteiger partial charge in [-0.05, 0) is 60.4 Å². The van der Waals surface area contributed by atoms with Crippen LogP contribution in [0.2, 0.25) is 0 Å². The number of allylic oxidation sites excluding steroid dienone is 1. The number of para-hydroxylation sites is 1. The van der Waals surface area contributed by atoms with Crippen LogP contribution in [-0.4, -0.2) is 24.5 Å². The summed E-state index contributed by atoms with van der Waals surface area (Å²) in [5.41, 5.74) is 16.3. The minimum atomic E-state index is 0.628. The van der Waals surface area contributed by atoms with Gasteiger partial charge >= 0.3 is 0 Å². The molecule has 7 aromatic carbocycles. The molecule has 5 heteroatoms. The van der Waals surface area contributed by atoms with E-state index < -0.39 is 0 Å². The summed E-state index contributed by atoms with van der Waals surface area (Å²) < 4.78 is 2.44. The average Bonchev–Trinajstić information content (AvgIpc) is 3.69. The Morgan fingerprint density at radius 3 is 1.39 bits per heavy atom. The average molecular weight is 782 g/mol. The van der Waals surface area contributed by atoms with Crippen molar-refractivity contribution in [3.63, 3.8) is 0 Å². The minimum absolute atomic E-state index is 0.628. The van der Waals surface area contributed by atoms with Gasteiger partial charge in [0.25, 0.3) is 0 Å². The van der Waals surface area contributed by atoms with Gasteiger partial charge < -0.3 is 4.57 Å². The quantitative estimate of drug-likeness (QED) is 0.154. The third-order valence-corrected chi connectivity index (χ3v) is 11.5. The molecule has 0 saturated carbocycles. The molecule has 0 bridgehead atoms. The summed E-state index contributed by atoms with van der Waals surface area (Å²) >= 11 is 0. The van der Waals surface area contributed by atoms with E-state index in [-0.39, 0.29) is 0 Å². The second-order valence-corrected chi connectivity index (χ2v) is 15.3. The van der Waals surface area contributed by atoms with Gasteiger partial charge in [-0.25, -0.2) is 19.9 Å². The number of nitrogens with zero attached hydrogens (tertiary/aromatic N) is 5. The predicted molar refractivity (Wildman–Crippen MR) is 250 cm³/mol. The molecular formula is C56H39N5. The number of fused-ring (bicyclic) bond motifs is 3. The second-order valence-electron chi connectivity index (χ2n) is 15.3. The Hall–Kier alpha value is -8.02. The normalized spacial score (nSPS) is 12.1. The maximum absolute atomic E-state index is 5.40. The van der Waals surface area contributed by atoms with Gasteiger partial charge in [0.15, 0.2) is 11.6 Å². The molecule has 1 aliphatic carbocycles. The van der Waals surface area contributed by atoms with Crippen LogP contribution in [0, 0.1) is 0 Å². The van der Waals surface area contributed by atoms with Crippen LogP contribution in [-0.2, 0) is 6.42 Å². The maximum atomic E-state index is 5.40. The van der Waals surface area contributed by atoms with Crippen molar-refractivity contribution >= 4 is 17.0 Å². The molecular weight excluding hydrogens is 743 g/mol. The van der Waals surface area contributed by atoms with Gasteiger partial charge in [0.2, 0.25) is 0 Å². The lowest BCUT2D eigenvalue weighted by atomic mass is 9.91. The van der Waals surface area contributed by atoms with Crippen LogP contribution >= 0.6 is 0 Å². The third kappa shape index (κ3) is 6.82. The van der Waals surface area contributed by atoms with Gasteiger partial charge in [0.05, 0.1) is 28.3 Å². The number of aromatic nitrogens is 5. The van der Waals surface area contributed by atoms with Crippen LogP contribution in [0.4, 0.5) is 0 Å². The molecule has 1 aliphatic rings. The number of hydrogen-bond donors (Lipinski definition) is 0. The van der Waals surface area contributed by atoms with Crippen LogP contribution in [0.15, 0.2) is 206 Å². The Kier molecular flexibility index (Phi) is 9.24. The van der Waals surface area contributed by atoms with Crippen molar-refractivity contribution in [2.45, 2.75) is 12.8 Å². The zero-order chi connectivity index (χ0) is 40.5. The van der Waals surface area contributed by atoms with Crippen LogP contribution in [0.1, 0.15) is 17.7 Å². The van der Waals surface area contributed by atoms with Crippen molar-refractivity contribution in [3.05, 3.63) is 218 Å². The van der Waals surface area contributed by atoms with E-state index in [2.05, 4.69) is 168 Å². The summed E-state index contributed by atoms with van der Waals surface area (Å²) in [4.78, 5) is 21.3. The van der Waals surface area contributed by atoms with Crippen LogP contribution < -0.4 is 0 Å². The zero-order valence-corrected chi connectivity index (χ0v) is 33.4. The molecule has 0 atom stereocenters. The summed E-state index contributed by atoms with van der Waals surface area (Å²) in [6.45, 7) is 0. The van der Waals surface area contributed by atoms with Gasteiger partial charge in [-0.15, -0.1) is 0 Å². The van der Waals surface area contributed by atoms with Crippen LogP contribution in [0.3, 0.4) is 0 Å². The Morgan fingerprint density at radius 2 is 0.869 bits per heavy atom. The molecule has 11 rings (SSSR count). The largest absolute Gasteiger partial charge is 0.313 e. The molecule has 61 heavy (non-hydrogen) atoms. The lowest BCUT2D eigenvalue weighted by Crippen LogP contribution is -2.02. The van der Waals surface area contributed by atoms with Crippen molar-refractivity contribution in [1.82, 2.24) is 24.5 Å². The van der Waals surface area contributed by atoms with Crippen LogP contribution in [0.5, 0.6) is 0 Å². The minimum Gasteiger partial charge on any atom is -0.313 e. The number of benzene rings is 7. The highest BCUT2D eigenvalue weighted by Crippen LogP contribution is 2.44. The number of hydrogen-bond acceptors (Lipinski definition) is 4. The van der Waals surface area contributed by atoms with Crippen molar-refractivity contribution in [3.8, 4) is 84.6 Å².